The maximum absolute atomic E-state index is 12.1. The number of hydrogen-bond acceptors (Lipinski definition) is 5. The number of para-hydroxylation sites is 1. The van der Waals surface area contributed by atoms with Crippen molar-refractivity contribution in [1.29, 1.82) is 0 Å². The number of aromatic hydroxyl groups is 1. The van der Waals surface area contributed by atoms with Crippen LogP contribution in [0.3, 0.4) is 0 Å². The third-order valence-corrected chi connectivity index (χ3v) is 5.12. The summed E-state index contributed by atoms with van der Waals surface area (Å²) >= 11 is 1.01. The molecule has 1 unspecified atom stereocenters. The molecular formula is C13H12N2O4S2. The Bertz CT molecular complexity index is 740. The summed E-state index contributed by atoms with van der Waals surface area (Å²) in [6.45, 7) is 0. The fourth-order valence-electron chi connectivity index (χ4n) is 1.62. The number of primary amides is 1. The number of phenols is 1. The molecule has 1 aromatic heterocycles. The molecule has 8 heteroatoms. The van der Waals surface area contributed by atoms with E-state index in [2.05, 4.69) is 5.32 Å². The van der Waals surface area contributed by atoms with Crippen molar-refractivity contribution >= 4 is 39.0 Å². The Morgan fingerprint density at radius 2 is 1.95 bits per heavy atom. The fourth-order valence-corrected chi connectivity index (χ4v) is 3.42. The molecule has 4 N–H and O–H groups in total. The molecule has 0 saturated heterocycles. The van der Waals surface area contributed by atoms with Crippen molar-refractivity contribution in [3.8, 4) is 5.75 Å². The summed E-state index contributed by atoms with van der Waals surface area (Å²) in [5, 5.41) is 12.4. The van der Waals surface area contributed by atoms with Crippen LogP contribution in [0, 0.1) is 0 Å². The van der Waals surface area contributed by atoms with Gasteiger partial charge >= 0.3 is 0 Å². The first-order chi connectivity index (χ1) is 9.90. The predicted octanol–water partition coefficient (Wildman–Crippen LogP) is 1.54. The molecule has 2 aromatic rings. The molecule has 1 heterocycles. The summed E-state index contributed by atoms with van der Waals surface area (Å²) in [6.07, 6.45) is 1.46. The summed E-state index contributed by atoms with van der Waals surface area (Å²) in [7, 11) is -1.29. The van der Waals surface area contributed by atoms with E-state index in [9.17, 15) is 18.9 Å². The predicted molar refractivity (Wildman–Crippen MR) is 81.2 cm³/mol. The van der Waals surface area contributed by atoms with E-state index in [0.717, 1.165) is 11.3 Å². The molecule has 0 spiro atoms. The number of nitrogens with two attached hydrogens (primary N) is 1. The minimum absolute atomic E-state index is 0.0699. The average molecular weight is 324 g/mol. The van der Waals surface area contributed by atoms with Crippen molar-refractivity contribution in [2.24, 2.45) is 5.73 Å². The van der Waals surface area contributed by atoms with Crippen molar-refractivity contribution in [2.75, 3.05) is 11.6 Å². The number of phenolic OH excluding ortho intramolecular Hbond substituents is 1. The molecule has 2 amide bonds. The molecule has 1 atom stereocenters. The molecule has 6 nitrogen and oxygen atoms in total. The van der Waals surface area contributed by atoms with Gasteiger partial charge in [-0.2, -0.15) is 0 Å². The Morgan fingerprint density at radius 1 is 1.29 bits per heavy atom. The molecule has 0 fully saturated rings. The van der Waals surface area contributed by atoms with E-state index in [0.29, 0.717) is 4.21 Å². The van der Waals surface area contributed by atoms with Gasteiger partial charge in [-0.15, -0.1) is 11.3 Å². The van der Waals surface area contributed by atoms with Crippen molar-refractivity contribution < 1.29 is 18.9 Å². The average Bonchev–Trinajstić information content (AvgIpc) is 2.83. The van der Waals surface area contributed by atoms with E-state index >= 15 is 0 Å². The largest absolute Gasteiger partial charge is 0.507 e. The standard InChI is InChI=1S/C13H12N2O4S2/c1-21(19)10-6-8(11(14)17)13(20-10)15-12(18)7-4-2-3-5-9(7)16/h2-6,16H,1H3,(H2,14,17)(H,15,18). The Kier molecular flexibility index (Phi) is 4.39. The van der Waals surface area contributed by atoms with Gasteiger partial charge in [-0.1, -0.05) is 12.1 Å². The third-order valence-electron chi connectivity index (χ3n) is 2.63. The molecule has 21 heavy (non-hydrogen) atoms. The number of rotatable bonds is 4. The topological polar surface area (TPSA) is 109 Å². The fraction of sp³-hybridized carbons (Fsp3) is 0.0769. The van der Waals surface area contributed by atoms with Gasteiger partial charge in [-0.05, 0) is 18.2 Å². The third kappa shape index (κ3) is 3.29. The number of nitrogens with one attached hydrogen (secondary N) is 1. The maximum Gasteiger partial charge on any atom is 0.260 e. The minimum atomic E-state index is -1.29. The molecule has 0 aliphatic heterocycles. The lowest BCUT2D eigenvalue weighted by Crippen LogP contribution is -2.16. The number of amides is 2. The zero-order valence-corrected chi connectivity index (χ0v) is 12.6. The highest BCUT2D eigenvalue weighted by atomic mass is 32.2. The van der Waals surface area contributed by atoms with Crippen molar-refractivity contribution in [3.63, 3.8) is 0 Å². The Morgan fingerprint density at radius 3 is 2.52 bits per heavy atom. The van der Waals surface area contributed by atoms with E-state index in [1.807, 2.05) is 0 Å². The molecule has 0 aliphatic rings. The SMILES string of the molecule is CS(=O)c1cc(C(N)=O)c(NC(=O)c2ccccc2O)s1. The zero-order valence-electron chi connectivity index (χ0n) is 11.0. The normalized spacial score (nSPS) is 11.9. The molecule has 0 bridgehead atoms. The second kappa shape index (κ2) is 6.06. The summed E-state index contributed by atoms with van der Waals surface area (Å²) in [5.41, 5.74) is 5.40. The number of anilines is 1. The first-order valence-electron chi connectivity index (χ1n) is 5.76. The van der Waals surface area contributed by atoms with Gasteiger partial charge in [0.05, 0.1) is 26.1 Å². The first kappa shape index (κ1) is 15.2. The number of carbonyl (C=O) groups is 2. The highest BCUT2D eigenvalue weighted by Gasteiger charge is 2.19. The lowest BCUT2D eigenvalue weighted by molar-refractivity contribution is 0.100. The number of benzene rings is 1. The van der Waals surface area contributed by atoms with Crippen LogP contribution < -0.4 is 11.1 Å². The Hall–Kier alpha value is -2.19. The van der Waals surface area contributed by atoms with Crippen LogP contribution in [0.25, 0.3) is 0 Å². The highest BCUT2D eigenvalue weighted by Crippen LogP contribution is 2.30. The van der Waals surface area contributed by atoms with Gasteiger partial charge in [-0.25, -0.2) is 0 Å². The highest BCUT2D eigenvalue weighted by molar-refractivity contribution is 7.86. The van der Waals surface area contributed by atoms with Crippen LogP contribution in [-0.2, 0) is 10.8 Å². The van der Waals surface area contributed by atoms with E-state index < -0.39 is 22.6 Å². The van der Waals surface area contributed by atoms with Gasteiger partial charge in [0.1, 0.15) is 10.8 Å². The van der Waals surface area contributed by atoms with Crippen LogP contribution in [0.15, 0.2) is 34.5 Å². The number of thiophene rings is 1. The molecule has 0 saturated carbocycles. The monoisotopic (exact) mass is 324 g/mol. The van der Waals surface area contributed by atoms with Crippen LogP contribution in [0.1, 0.15) is 20.7 Å². The molecule has 0 radical (unpaired) electrons. The van der Waals surface area contributed by atoms with Gasteiger partial charge in [0, 0.05) is 6.26 Å². The van der Waals surface area contributed by atoms with Gasteiger partial charge in [0.25, 0.3) is 11.8 Å². The van der Waals surface area contributed by atoms with E-state index in [-0.39, 0.29) is 21.9 Å². The van der Waals surface area contributed by atoms with E-state index in [1.165, 1.54) is 24.5 Å². The van der Waals surface area contributed by atoms with Crippen LogP contribution in [0.4, 0.5) is 5.00 Å². The van der Waals surface area contributed by atoms with Gasteiger partial charge in [0.15, 0.2) is 0 Å². The molecular weight excluding hydrogens is 312 g/mol. The zero-order chi connectivity index (χ0) is 15.6. The maximum atomic E-state index is 12.1. The van der Waals surface area contributed by atoms with Gasteiger partial charge in [0.2, 0.25) is 0 Å². The molecule has 1 aromatic carbocycles. The Balaban J connectivity index is 2.35. The first-order valence-corrected chi connectivity index (χ1v) is 8.14. The van der Waals surface area contributed by atoms with Crippen LogP contribution in [0.2, 0.25) is 0 Å². The summed E-state index contributed by atoms with van der Waals surface area (Å²) in [5.74, 6) is -1.48. The lowest BCUT2D eigenvalue weighted by Gasteiger charge is -2.05. The minimum Gasteiger partial charge on any atom is -0.507 e. The Labute approximate surface area is 127 Å². The van der Waals surface area contributed by atoms with Crippen LogP contribution >= 0.6 is 11.3 Å². The molecule has 110 valence electrons. The quantitative estimate of drug-likeness (QED) is 0.792. The second-order valence-electron chi connectivity index (χ2n) is 4.10. The summed E-state index contributed by atoms with van der Waals surface area (Å²) in [6, 6.07) is 7.41. The molecule has 0 aliphatic carbocycles. The summed E-state index contributed by atoms with van der Waals surface area (Å²) < 4.78 is 11.9. The number of hydrogen-bond donors (Lipinski definition) is 3. The van der Waals surface area contributed by atoms with E-state index in [4.69, 9.17) is 5.73 Å². The smallest absolute Gasteiger partial charge is 0.260 e. The van der Waals surface area contributed by atoms with Crippen LogP contribution in [0.5, 0.6) is 5.75 Å². The van der Waals surface area contributed by atoms with Gasteiger partial charge < -0.3 is 16.2 Å². The second-order valence-corrected chi connectivity index (χ2v) is 6.76. The molecule has 2 rings (SSSR count). The van der Waals surface area contributed by atoms with Crippen molar-refractivity contribution in [3.05, 3.63) is 41.5 Å². The summed E-state index contributed by atoms with van der Waals surface area (Å²) in [4.78, 5) is 23.5. The lowest BCUT2D eigenvalue weighted by atomic mass is 10.2. The van der Waals surface area contributed by atoms with Crippen LogP contribution in [-0.4, -0.2) is 27.4 Å². The van der Waals surface area contributed by atoms with E-state index in [1.54, 1.807) is 12.1 Å². The van der Waals surface area contributed by atoms with Crippen molar-refractivity contribution in [1.82, 2.24) is 0 Å². The van der Waals surface area contributed by atoms with Gasteiger partial charge in [-0.3, -0.25) is 13.8 Å². The van der Waals surface area contributed by atoms with Crippen molar-refractivity contribution in [2.45, 2.75) is 4.21 Å². The number of carbonyl (C=O) groups excluding carboxylic acids is 2.